The van der Waals surface area contributed by atoms with Gasteiger partial charge in [0.1, 0.15) is 11.7 Å². The lowest BCUT2D eigenvalue weighted by Crippen LogP contribution is -2.63. The van der Waals surface area contributed by atoms with E-state index in [1.165, 1.54) is 0 Å². The molecule has 9 heteroatoms. The highest BCUT2D eigenvalue weighted by Gasteiger charge is 2.87. The third-order valence-corrected chi connectivity index (χ3v) is 15.8. The van der Waals surface area contributed by atoms with Crippen LogP contribution < -0.4 is 0 Å². The zero-order chi connectivity index (χ0) is 33.0. The van der Waals surface area contributed by atoms with Crippen molar-refractivity contribution in [2.45, 2.75) is 155 Å². The Morgan fingerprint density at radius 2 is 1.49 bits per heavy atom. The van der Waals surface area contributed by atoms with Gasteiger partial charge in [-0.15, -0.1) is 0 Å². The summed E-state index contributed by atoms with van der Waals surface area (Å²) >= 11 is 0. The molecule has 4 N–H and O–H groups in total. The van der Waals surface area contributed by atoms with E-state index in [1.54, 1.807) is 27.7 Å². The predicted molar refractivity (Wildman–Crippen MR) is 164 cm³/mol. The van der Waals surface area contributed by atoms with Crippen molar-refractivity contribution in [3.63, 3.8) is 0 Å². The molecule has 2 aliphatic heterocycles. The monoisotopic (exact) mass is 632 g/mol. The lowest BCUT2D eigenvalue weighted by atomic mass is 9.41. The topological polar surface area (TPSA) is 143 Å². The molecule has 3 spiro atoms. The van der Waals surface area contributed by atoms with Crippen LogP contribution in [0.5, 0.6) is 0 Å². The Morgan fingerprint density at radius 3 is 2.13 bits per heavy atom. The maximum Gasteiger partial charge on any atom is 0.309 e. The number of fused-ring (bicyclic) bond motifs is 4. The Labute approximate surface area is 267 Å². The van der Waals surface area contributed by atoms with Gasteiger partial charge in [0.2, 0.25) is 0 Å². The summed E-state index contributed by atoms with van der Waals surface area (Å²) in [7, 11) is 0. The lowest BCUT2D eigenvalue weighted by molar-refractivity contribution is -0.316. The number of carboxylic acids is 1. The summed E-state index contributed by atoms with van der Waals surface area (Å²) in [6.07, 6.45) is 5.43. The Kier molecular flexibility index (Phi) is 6.49. The zero-order valence-corrected chi connectivity index (χ0v) is 28.6. The van der Waals surface area contributed by atoms with Crippen LogP contribution in [0.15, 0.2) is 0 Å². The molecule has 0 aromatic carbocycles. The number of carbonyl (C=O) groups excluding carboxylic acids is 1. The van der Waals surface area contributed by atoms with Gasteiger partial charge in [-0.3, -0.25) is 9.59 Å². The van der Waals surface area contributed by atoms with Crippen LogP contribution in [0.1, 0.15) is 120 Å². The number of hydrogen-bond donors (Lipinski definition) is 4. The summed E-state index contributed by atoms with van der Waals surface area (Å²) in [4.78, 5) is 24.6. The first kappa shape index (κ1) is 32.3. The largest absolute Gasteiger partial charge is 0.481 e. The minimum Gasteiger partial charge on any atom is -0.481 e. The Balaban J connectivity index is 1.19. The number of carboxylic acid groups (broad SMARTS) is 1. The number of carbonyl (C=O) groups is 2. The third kappa shape index (κ3) is 3.69. The summed E-state index contributed by atoms with van der Waals surface area (Å²) in [6, 6.07) is 0. The highest BCUT2D eigenvalue weighted by atomic mass is 16.7. The fraction of sp³-hybridized carbons (Fsp3) is 0.944. The highest BCUT2D eigenvalue weighted by Crippen LogP contribution is 2.89. The molecule has 2 unspecified atom stereocenters. The van der Waals surface area contributed by atoms with Crippen LogP contribution in [0.2, 0.25) is 0 Å². The molecule has 7 aliphatic rings. The van der Waals surface area contributed by atoms with Crippen LogP contribution in [0.4, 0.5) is 0 Å². The van der Waals surface area contributed by atoms with Gasteiger partial charge in [0.15, 0.2) is 5.79 Å². The number of ether oxygens (including phenoxy) is 3. The van der Waals surface area contributed by atoms with E-state index in [9.17, 15) is 30.0 Å². The van der Waals surface area contributed by atoms with Crippen molar-refractivity contribution in [3.05, 3.63) is 0 Å². The number of aliphatic hydroxyl groups excluding tert-OH is 2. The number of esters is 1. The third-order valence-electron chi connectivity index (χ3n) is 15.8. The maximum atomic E-state index is 13.0. The van der Waals surface area contributed by atoms with E-state index < -0.39 is 57.4 Å². The van der Waals surface area contributed by atoms with Gasteiger partial charge in [0, 0.05) is 28.6 Å². The van der Waals surface area contributed by atoms with Gasteiger partial charge in [0.25, 0.3) is 0 Å². The van der Waals surface area contributed by atoms with Crippen LogP contribution >= 0.6 is 0 Å². The second-order valence-corrected chi connectivity index (χ2v) is 18.7. The molecule has 5 saturated carbocycles. The van der Waals surface area contributed by atoms with E-state index >= 15 is 0 Å². The highest BCUT2D eigenvalue weighted by molar-refractivity contribution is 5.81. The molecule has 0 amide bonds. The molecule has 0 radical (unpaired) electrons. The van der Waals surface area contributed by atoms with E-state index in [2.05, 4.69) is 27.7 Å². The average Bonchev–Trinajstić information content (AvgIpc) is 3.43. The molecular formula is C36H56O9. The van der Waals surface area contributed by atoms with Gasteiger partial charge in [-0.1, -0.05) is 20.8 Å². The average molecular weight is 633 g/mol. The van der Waals surface area contributed by atoms with E-state index in [0.717, 1.165) is 44.9 Å². The molecule has 7 rings (SSSR count). The Morgan fingerprint density at radius 1 is 0.867 bits per heavy atom. The molecule has 0 aromatic rings. The molecule has 0 aromatic heterocycles. The summed E-state index contributed by atoms with van der Waals surface area (Å²) in [5.74, 6) is -2.34. The van der Waals surface area contributed by atoms with Crippen LogP contribution in [-0.4, -0.2) is 74.3 Å². The van der Waals surface area contributed by atoms with Crippen molar-refractivity contribution < 1.29 is 44.2 Å². The quantitative estimate of drug-likeness (QED) is 0.314. The van der Waals surface area contributed by atoms with E-state index in [4.69, 9.17) is 14.2 Å². The van der Waals surface area contributed by atoms with Crippen molar-refractivity contribution in [2.75, 3.05) is 6.61 Å². The molecule has 254 valence electrons. The molecule has 2 bridgehead atoms. The fourth-order valence-corrected chi connectivity index (χ4v) is 13.4. The number of aliphatic hydroxyl groups is 3. The normalized spacial score (nSPS) is 52.8. The minimum atomic E-state index is -1.22. The van der Waals surface area contributed by atoms with Crippen LogP contribution in [0.3, 0.4) is 0 Å². The van der Waals surface area contributed by atoms with Gasteiger partial charge in [-0.2, -0.15) is 0 Å². The number of rotatable bonds is 5. The van der Waals surface area contributed by atoms with Crippen molar-refractivity contribution in [1.29, 1.82) is 0 Å². The van der Waals surface area contributed by atoms with Gasteiger partial charge in [0.05, 0.1) is 36.3 Å². The van der Waals surface area contributed by atoms with Crippen molar-refractivity contribution >= 4 is 11.9 Å². The van der Waals surface area contributed by atoms with Gasteiger partial charge in [-0.25, -0.2) is 0 Å². The smallest absolute Gasteiger partial charge is 0.309 e. The summed E-state index contributed by atoms with van der Waals surface area (Å²) in [5, 5.41) is 44.9. The second kappa shape index (κ2) is 9.04. The van der Waals surface area contributed by atoms with E-state index in [0.29, 0.717) is 25.4 Å². The van der Waals surface area contributed by atoms with Crippen LogP contribution in [0.25, 0.3) is 0 Å². The van der Waals surface area contributed by atoms with Gasteiger partial charge in [-0.05, 0) is 109 Å². The first-order valence-corrected chi connectivity index (χ1v) is 17.4. The molecule has 45 heavy (non-hydrogen) atoms. The fourth-order valence-electron chi connectivity index (χ4n) is 13.4. The SMILES string of the molecule is CC(C)(CC(=O)O[C@H]1CC[C@]23C[C@]24CC[C@]25CO[C@@]6(C(C)(C)O)CC[C@](C)(O6)[C@H]2[C@@H](O)[C@@H](O)[C@@]5(C)C4CCC3C1(C)C)C(=O)O. The Bertz CT molecular complexity index is 1300. The zero-order valence-electron chi connectivity index (χ0n) is 28.6. The molecule has 2 heterocycles. The van der Waals surface area contributed by atoms with Gasteiger partial charge < -0.3 is 34.6 Å². The standard InChI is InChI=1S/C36H56O9/c1-28(2,27(40)41)17-23(37)44-22-11-12-33-18-34(33)14-15-35-19-43-36(30(5,6)42)16-13-31(7,45-36)25(35)24(38)26(39)32(35,8)21(34)10-9-20(33)29(22,3)4/h20-22,24-26,38-39,42H,9-19H2,1-8H3,(H,40,41)/t20?,21?,22-,24+,25+,26+,31-,32+,33+,34-,35-,36-/m0/s1. The number of hydrogen-bond acceptors (Lipinski definition) is 8. The minimum absolute atomic E-state index is 0.0457. The molecule has 12 atom stereocenters. The van der Waals surface area contributed by atoms with E-state index in [-0.39, 0.29) is 40.6 Å². The number of aliphatic carboxylic acids is 1. The van der Waals surface area contributed by atoms with E-state index in [1.807, 2.05) is 0 Å². The summed E-state index contributed by atoms with van der Waals surface area (Å²) < 4.78 is 19.6. The second-order valence-electron chi connectivity index (χ2n) is 18.7. The molecule has 9 nitrogen and oxygen atoms in total. The first-order chi connectivity index (χ1) is 20.6. The van der Waals surface area contributed by atoms with Crippen LogP contribution in [0, 0.1) is 50.2 Å². The molecule has 7 fully saturated rings. The summed E-state index contributed by atoms with van der Waals surface area (Å²) in [6.45, 7) is 15.7. The Hall–Kier alpha value is -1.26. The molecular weight excluding hydrogens is 576 g/mol. The van der Waals surface area contributed by atoms with Gasteiger partial charge >= 0.3 is 11.9 Å². The van der Waals surface area contributed by atoms with Crippen LogP contribution in [-0.2, 0) is 23.8 Å². The molecule has 5 aliphatic carbocycles. The first-order valence-electron chi connectivity index (χ1n) is 17.4. The predicted octanol–water partition coefficient (Wildman–Crippen LogP) is 4.83. The molecule has 2 saturated heterocycles. The lowest BCUT2D eigenvalue weighted by Gasteiger charge is -2.64. The van der Waals surface area contributed by atoms with Crippen molar-refractivity contribution in [1.82, 2.24) is 0 Å². The van der Waals surface area contributed by atoms with Crippen molar-refractivity contribution in [3.8, 4) is 0 Å². The maximum absolute atomic E-state index is 13.0. The summed E-state index contributed by atoms with van der Waals surface area (Å²) in [5.41, 5.74) is -4.32. The van der Waals surface area contributed by atoms with Crippen molar-refractivity contribution in [2.24, 2.45) is 50.2 Å².